The number of benzene rings is 2. The van der Waals surface area contributed by atoms with Crippen LogP contribution in [0.15, 0.2) is 79.0 Å². The Hall–Kier alpha value is -3.94. The second-order valence-electron chi connectivity index (χ2n) is 11.4. The van der Waals surface area contributed by atoms with Gasteiger partial charge >= 0.3 is 12.1 Å². The van der Waals surface area contributed by atoms with Crippen LogP contribution in [0.4, 0.5) is 13.2 Å². The molecule has 6 rings (SSSR count). The molecule has 3 fully saturated rings. The first kappa shape index (κ1) is 27.2. The van der Waals surface area contributed by atoms with E-state index in [0.29, 0.717) is 47.8 Å². The van der Waals surface area contributed by atoms with Crippen LogP contribution in [0.3, 0.4) is 0 Å². The fourth-order valence-corrected chi connectivity index (χ4v) is 7.06. The Morgan fingerprint density at radius 1 is 1.05 bits per heavy atom. The highest BCUT2D eigenvalue weighted by atomic mass is 19.4. The molecule has 0 spiro atoms. The van der Waals surface area contributed by atoms with Crippen molar-refractivity contribution in [2.75, 3.05) is 13.1 Å². The zero-order chi connectivity index (χ0) is 28.7. The van der Waals surface area contributed by atoms with Crippen molar-refractivity contribution in [1.82, 2.24) is 9.88 Å². The summed E-state index contributed by atoms with van der Waals surface area (Å²) in [6.07, 6.45) is 2.61. The van der Waals surface area contributed by atoms with E-state index in [1.807, 2.05) is 48.2 Å². The minimum atomic E-state index is -4.41. The van der Waals surface area contributed by atoms with Crippen LogP contribution >= 0.6 is 0 Å². The molecule has 2 aromatic carbocycles. The molecule has 1 aliphatic carbocycles. The molecule has 8 heteroatoms. The van der Waals surface area contributed by atoms with Gasteiger partial charge in [0, 0.05) is 36.3 Å². The van der Waals surface area contributed by atoms with Crippen LogP contribution in [0.1, 0.15) is 41.4 Å². The van der Waals surface area contributed by atoms with Crippen molar-refractivity contribution in [1.29, 1.82) is 0 Å². The summed E-state index contributed by atoms with van der Waals surface area (Å²) in [6.45, 7) is 3.22. The van der Waals surface area contributed by atoms with Crippen LogP contribution in [0.5, 0.6) is 0 Å². The van der Waals surface area contributed by atoms with Gasteiger partial charge in [0.15, 0.2) is 0 Å². The molecule has 1 saturated carbocycles. The number of aromatic nitrogens is 1. The molecule has 1 aromatic heterocycles. The molecule has 2 saturated heterocycles. The second-order valence-corrected chi connectivity index (χ2v) is 11.4. The molecule has 6 unspecified atom stereocenters. The largest absolute Gasteiger partial charge is 0.462 e. The molecule has 2 aliphatic heterocycles. The summed E-state index contributed by atoms with van der Waals surface area (Å²) >= 11 is 0. The lowest BCUT2D eigenvalue weighted by atomic mass is 9.59. The number of hydrogen-bond donors (Lipinski definition) is 0. The molecule has 0 bridgehead atoms. The van der Waals surface area contributed by atoms with E-state index in [-0.39, 0.29) is 41.7 Å². The zero-order valence-corrected chi connectivity index (χ0v) is 22.6. The molecule has 3 heterocycles. The fraction of sp³-hybridized carbons (Fsp3) is 0.364. The van der Waals surface area contributed by atoms with Crippen LogP contribution in [-0.2, 0) is 15.7 Å². The van der Waals surface area contributed by atoms with Gasteiger partial charge in [0.25, 0.3) is 5.91 Å². The van der Waals surface area contributed by atoms with Crippen LogP contribution in [0.2, 0.25) is 0 Å². The highest BCUT2D eigenvalue weighted by Gasteiger charge is 2.54. The summed E-state index contributed by atoms with van der Waals surface area (Å²) < 4.78 is 45.1. The molecule has 0 N–H and O–H groups in total. The lowest BCUT2D eigenvalue weighted by molar-refractivity contribution is -0.144. The van der Waals surface area contributed by atoms with Crippen molar-refractivity contribution >= 4 is 18.0 Å². The Kier molecular flexibility index (Phi) is 7.18. The van der Waals surface area contributed by atoms with Gasteiger partial charge in [-0.2, -0.15) is 13.2 Å². The third kappa shape index (κ3) is 5.39. The number of piperidine rings is 1. The van der Waals surface area contributed by atoms with Crippen molar-refractivity contribution in [3.63, 3.8) is 0 Å². The van der Waals surface area contributed by atoms with Crippen LogP contribution in [0.25, 0.3) is 17.2 Å². The van der Waals surface area contributed by atoms with Crippen LogP contribution < -0.4 is 0 Å². The maximum atomic E-state index is 13.2. The summed E-state index contributed by atoms with van der Waals surface area (Å²) in [7, 11) is 0. The number of amides is 1. The van der Waals surface area contributed by atoms with Gasteiger partial charge in [-0.3, -0.25) is 14.6 Å². The molecule has 6 atom stereocenters. The van der Waals surface area contributed by atoms with Gasteiger partial charge in [0.05, 0.1) is 17.2 Å². The Morgan fingerprint density at radius 2 is 1.85 bits per heavy atom. The van der Waals surface area contributed by atoms with Crippen molar-refractivity contribution in [2.24, 2.45) is 29.6 Å². The number of rotatable bonds is 4. The van der Waals surface area contributed by atoms with Gasteiger partial charge in [-0.05, 0) is 79.5 Å². The number of halogens is 3. The molecule has 3 aromatic rings. The third-order valence-electron chi connectivity index (χ3n) is 9.01. The molecule has 3 aliphatic rings. The number of carbonyl (C=O) groups is 2. The maximum absolute atomic E-state index is 13.2. The average molecular weight is 561 g/mol. The smallest absolute Gasteiger partial charge is 0.416 e. The number of likely N-dealkylation sites (tertiary alicyclic amines) is 1. The molecular formula is C33H31F3N2O3. The van der Waals surface area contributed by atoms with Gasteiger partial charge in [0.2, 0.25) is 0 Å². The maximum Gasteiger partial charge on any atom is 0.416 e. The molecule has 0 radical (unpaired) electrons. The number of hydrogen-bond acceptors (Lipinski definition) is 4. The first-order valence-electron chi connectivity index (χ1n) is 14.1. The summed E-state index contributed by atoms with van der Waals surface area (Å²) in [5.74, 6) is 0.277. The third-order valence-corrected chi connectivity index (χ3v) is 9.01. The molecule has 5 nitrogen and oxygen atoms in total. The number of ether oxygens (including phenoxy) is 1. The normalized spacial score (nSPS) is 27.8. The first-order chi connectivity index (χ1) is 19.7. The Morgan fingerprint density at radius 3 is 2.59 bits per heavy atom. The standard InChI is InChI=1S/C33H31F3N2O3/c1-20-30-28(13-12-26-11-10-23(18-37-26)22-8-5-9-25(16-22)33(34,35)36)27-14-15-38(31(39)21-6-3-2-4-7-21)19-24(27)17-29(30)32(40)41-20/h2-13,16,18,20,24,27-30H,14-15,17,19H2,1H3/b13-12+. The van der Waals surface area contributed by atoms with E-state index in [9.17, 15) is 22.8 Å². The predicted octanol–water partition coefficient (Wildman–Crippen LogP) is 6.76. The molecule has 41 heavy (non-hydrogen) atoms. The summed E-state index contributed by atoms with van der Waals surface area (Å²) in [5.41, 5.74) is 1.72. The quantitative estimate of drug-likeness (QED) is 0.331. The minimum absolute atomic E-state index is 0.0192. The minimum Gasteiger partial charge on any atom is -0.462 e. The second kappa shape index (κ2) is 10.8. The monoisotopic (exact) mass is 560 g/mol. The van der Waals surface area contributed by atoms with Gasteiger partial charge in [-0.15, -0.1) is 0 Å². The van der Waals surface area contributed by atoms with Gasteiger partial charge in [-0.25, -0.2) is 0 Å². The van der Waals surface area contributed by atoms with Gasteiger partial charge < -0.3 is 9.64 Å². The van der Waals surface area contributed by atoms with Crippen molar-refractivity contribution in [3.8, 4) is 11.1 Å². The number of carbonyl (C=O) groups excluding carboxylic acids is 2. The van der Waals surface area contributed by atoms with Gasteiger partial charge in [-0.1, -0.05) is 42.5 Å². The number of nitrogens with zero attached hydrogens (tertiary/aromatic N) is 2. The Labute approximate surface area is 237 Å². The van der Waals surface area contributed by atoms with E-state index in [2.05, 4.69) is 11.1 Å². The van der Waals surface area contributed by atoms with Crippen molar-refractivity contribution < 1.29 is 27.5 Å². The van der Waals surface area contributed by atoms with E-state index in [1.54, 1.807) is 24.4 Å². The molecule has 212 valence electrons. The topological polar surface area (TPSA) is 59.5 Å². The van der Waals surface area contributed by atoms with E-state index in [0.717, 1.165) is 18.6 Å². The fourth-order valence-electron chi connectivity index (χ4n) is 7.06. The Bertz CT molecular complexity index is 1450. The van der Waals surface area contributed by atoms with Crippen LogP contribution in [0, 0.1) is 29.6 Å². The number of fused-ring (bicyclic) bond motifs is 2. The Balaban J connectivity index is 1.22. The lowest BCUT2D eigenvalue weighted by Gasteiger charge is -2.48. The van der Waals surface area contributed by atoms with E-state index in [4.69, 9.17) is 4.74 Å². The molecule has 1 amide bonds. The van der Waals surface area contributed by atoms with Crippen molar-refractivity contribution in [3.05, 3.63) is 95.8 Å². The average Bonchev–Trinajstić information content (AvgIpc) is 3.27. The number of allylic oxidation sites excluding steroid dienone is 1. The summed E-state index contributed by atoms with van der Waals surface area (Å²) in [5, 5.41) is 0. The lowest BCUT2D eigenvalue weighted by Crippen LogP contribution is -2.51. The SMILES string of the molecule is CC1OC(=O)C2CC3CN(C(=O)c4ccccc4)CCC3C(/C=C/c3ccc(-c4cccc(C(F)(F)F)c4)cn3)C12. The molecular weight excluding hydrogens is 529 g/mol. The van der Waals surface area contributed by atoms with E-state index >= 15 is 0 Å². The highest BCUT2D eigenvalue weighted by molar-refractivity contribution is 5.94. The number of pyridine rings is 1. The number of alkyl halides is 3. The van der Waals surface area contributed by atoms with Crippen molar-refractivity contribution in [2.45, 2.75) is 32.0 Å². The van der Waals surface area contributed by atoms with E-state index in [1.165, 1.54) is 6.07 Å². The number of cyclic esters (lactones) is 1. The number of esters is 1. The predicted molar refractivity (Wildman–Crippen MR) is 148 cm³/mol. The zero-order valence-electron chi connectivity index (χ0n) is 22.6. The highest BCUT2D eigenvalue weighted by Crippen LogP contribution is 2.51. The first-order valence-corrected chi connectivity index (χ1v) is 14.1. The van der Waals surface area contributed by atoms with Crippen LogP contribution in [-0.4, -0.2) is 41.0 Å². The summed E-state index contributed by atoms with van der Waals surface area (Å²) in [6, 6.07) is 18.1. The van der Waals surface area contributed by atoms with Gasteiger partial charge in [0.1, 0.15) is 6.10 Å². The van der Waals surface area contributed by atoms with E-state index < -0.39 is 11.7 Å². The summed E-state index contributed by atoms with van der Waals surface area (Å²) in [4.78, 5) is 32.4.